The normalized spacial score (nSPS) is 13.4. The highest BCUT2D eigenvalue weighted by Crippen LogP contribution is 2.25. The lowest BCUT2D eigenvalue weighted by atomic mass is 10.0. The number of ether oxygens (including phenoxy) is 1. The Labute approximate surface area is 120 Å². The van der Waals surface area contributed by atoms with Crippen molar-refractivity contribution in [3.63, 3.8) is 0 Å². The summed E-state index contributed by atoms with van der Waals surface area (Å²) in [5.74, 6) is 0.748. The van der Waals surface area contributed by atoms with Crippen LogP contribution in [-0.4, -0.2) is 30.9 Å². The molecule has 0 heterocycles. The molecule has 0 spiro atoms. The van der Waals surface area contributed by atoms with Crippen LogP contribution in [0.2, 0.25) is 0 Å². The van der Waals surface area contributed by atoms with Crippen LogP contribution in [0.4, 0.5) is 4.79 Å². The summed E-state index contributed by atoms with van der Waals surface area (Å²) in [6, 6.07) is 5.16. The van der Waals surface area contributed by atoms with E-state index >= 15 is 0 Å². The molecule has 1 aromatic carbocycles. The topological polar surface area (TPSA) is 70.6 Å². The van der Waals surface area contributed by atoms with Crippen molar-refractivity contribution in [2.45, 2.75) is 39.3 Å². The van der Waals surface area contributed by atoms with Gasteiger partial charge in [0, 0.05) is 5.56 Å². The fraction of sp³-hybridized carbons (Fsp3) is 0.533. The first-order valence-corrected chi connectivity index (χ1v) is 6.84. The van der Waals surface area contributed by atoms with E-state index in [0.717, 1.165) is 16.9 Å². The summed E-state index contributed by atoms with van der Waals surface area (Å²) in [7, 11) is 1.61. The first kappa shape index (κ1) is 16.3. The van der Waals surface area contributed by atoms with Crippen LogP contribution in [0.15, 0.2) is 18.2 Å². The minimum Gasteiger partial charge on any atom is -0.496 e. The average Bonchev–Trinajstić information content (AvgIpc) is 2.44. The lowest BCUT2D eigenvalue weighted by Crippen LogP contribution is -2.44. The number of aryl methyl sites for hydroxylation is 1. The molecule has 2 amide bonds. The van der Waals surface area contributed by atoms with Crippen molar-refractivity contribution in [2.24, 2.45) is 0 Å². The van der Waals surface area contributed by atoms with Crippen LogP contribution >= 0.6 is 0 Å². The molecule has 0 aliphatic carbocycles. The number of nitrogens with one attached hydrogen (secondary N) is 2. The number of benzene rings is 1. The maximum Gasteiger partial charge on any atom is 0.315 e. The fourth-order valence-electron chi connectivity index (χ4n) is 1.97. The molecule has 3 N–H and O–H groups in total. The molecule has 0 aromatic heterocycles. The van der Waals surface area contributed by atoms with Gasteiger partial charge in [-0.25, -0.2) is 4.79 Å². The second kappa shape index (κ2) is 7.75. The van der Waals surface area contributed by atoms with Crippen molar-refractivity contribution >= 4 is 6.03 Å². The number of amides is 2. The van der Waals surface area contributed by atoms with E-state index in [1.54, 1.807) is 7.11 Å². The number of rotatable bonds is 6. The quantitative estimate of drug-likeness (QED) is 0.747. The number of methoxy groups -OCH3 is 1. The van der Waals surface area contributed by atoms with Crippen molar-refractivity contribution in [2.75, 3.05) is 13.7 Å². The number of carbonyl (C=O) groups excluding carboxylic acids is 1. The van der Waals surface area contributed by atoms with Gasteiger partial charge in [0.2, 0.25) is 0 Å². The highest BCUT2D eigenvalue weighted by atomic mass is 16.5. The molecule has 2 unspecified atom stereocenters. The van der Waals surface area contributed by atoms with Crippen molar-refractivity contribution in [1.82, 2.24) is 10.6 Å². The van der Waals surface area contributed by atoms with Gasteiger partial charge >= 0.3 is 6.03 Å². The zero-order valence-corrected chi connectivity index (χ0v) is 12.6. The molecule has 2 atom stereocenters. The van der Waals surface area contributed by atoms with Crippen LogP contribution in [0.1, 0.15) is 37.4 Å². The smallest absolute Gasteiger partial charge is 0.315 e. The van der Waals surface area contributed by atoms with Crippen LogP contribution < -0.4 is 15.4 Å². The van der Waals surface area contributed by atoms with E-state index in [2.05, 4.69) is 10.6 Å². The third-order valence-corrected chi connectivity index (χ3v) is 3.25. The van der Waals surface area contributed by atoms with Gasteiger partial charge in [-0.05, 0) is 26.3 Å². The molecule has 0 radical (unpaired) electrons. The number of hydrogen-bond acceptors (Lipinski definition) is 3. The van der Waals surface area contributed by atoms with E-state index in [0.29, 0.717) is 6.42 Å². The number of aliphatic hydroxyl groups excluding tert-OH is 1. The molecular formula is C15H24N2O3. The van der Waals surface area contributed by atoms with E-state index in [9.17, 15) is 4.79 Å². The molecule has 0 saturated carbocycles. The van der Waals surface area contributed by atoms with Gasteiger partial charge in [-0.3, -0.25) is 0 Å². The maximum atomic E-state index is 11.9. The van der Waals surface area contributed by atoms with E-state index in [1.165, 1.54) is 0 Å². The number of urea groups is 1. The summed E-state index contributed by atoms with van der Waals surface area (Å²) in [4.78, 5) is 11.9. The van der Waals surface area contributed by atoms with E-state index in [1.807, 2.05) is 39.0 Å². The molecule has 0 fully saturated rings. The molecule has 5 nitrogen and oxygen atoms in total. The fourth-order valence-corrected chi connectivity index (χ4v) is 1.97. The number of aliphatic hydroxyl groups is 1. The lowest BCUT2D eigenvalue weighted by molar-refractivity contribution is 0.212. The van der Waals surface area contributed by atoms with Crippen molar-refractivity contribution < 1.29 is 14.6 Å². The molecule has 0 bridgehead atoms. The Morgan fingerprint density at radius 1 is 1.40 bits per heavy atom. The summed E-state index contributed by atoms with van der Waals surface area (Å²) in [6.07, 6.45) is 0.687. The van der Waals surface area contributed by atoms with Gasteiger partial charge in [-0.2, -0.15) is 0 Å². The summed E-state index contributed by atoms with van der Waals surface area (Å²) in [5.41, 5.74) is 2.04. The Kier molecular flexibility index (Phi) is 6.31. The Morgan fingerprint density at radius 2 is 2.10 bits per heavy atom. The van der Waals surface area contributed by atoms with E-state index < -0.39 is 0 Å². The molecule has 112 valence electrons. The highest BCUT2D eigenvalue weighted by molar-refractivity contribution is 5.74. The molecule has 0 saturated heterocycles. The SMILES string of the molecule is CCC(CO)NC(=O)NC(C)c1cc(C)ccc1OC. The third kappa shape index (κ3) is 4.42. The van der Waals surface area contributed by atoms with Crippen LogP contribution in [0.25, 0.3) is 0 Å². The lowest BCUT2D eigenvalue weighted by Gasteiger charge is -2.20. The van der Waals surface area contributed by atoms with Crippen LogP contribution in [-0.2, 0) is 0 Å². The Hall–Kier alpha value is -1.75. The molecule has 0 aliphatic rings. The predicted octanol–water partition coefficient (Wildman–Crippen LogP) is 2.13. The standard InChI is InChI=1S/C15H24N2O3/c1-5-12(9-18)17-15(19)16-11(3)13-8-10(2)6-7-14(13)20-4/h6-8,11-12,18H,5,9H2,1-4H3,(H2,16,17,19). The summed E-state index contributed by atoms with van der Waals surface area (Å²) < 4.78 is 5.31. The number of hydrogen-bond donors (Lipinski definition) is 3. The zero-order chi connectivity index (χ0) is 15.1. The first-order valence-electron chi connectivity index (χ1n) is 6.84. The average molecular weight is 280 g/mol. The Balaban J connectivity index is 2.73. The summed E-state index contributed by atoms with van der Waals surface area (Å²) >= 11 is 0. The minimum atomic E-state index is -0.290. The first-order chi connectivity index (χ1) is 9.51. The molecule has 5 heteroatoms. The number of carbonyl (C=O) groups is 1. The van der Waals surface area contributed by atoms with Crippen molar-refractivity contribution in [3.8, 4) is 5.75 Å². The van der Waals surface area contributed by atoms with Gasteiger partial charge in [-0.15, -0.1) is 0 Å². The van der Waals surface area contributed by atoms with Gasteiger partial charge in [0.25, 0.3) is 0 Å². The van der Waals surface area contributed by atoms with Crippen molar-refractivity contribution in [3.05, 3.63) is 29.3 Å². The monoisotopic (exact) mass is 280 g/mol. The predicted molar refractivity (Wildman–Crippen MR) is 79.0 cm³/mol. The highest BCUT2D eigenvalue weighted by Gasteiger charge is 2.16. The van der Waals surface area contributed by atoms with Gasteiger partial charge < -0.3 is 20.5 Å². The molecule has 0 aliphatic heterocycles. The maximum absolute atomic E-state index is 11.9. The van der Waals surface area contributed by atoms with E-state index in [4.69, 9.17) is 9.84 Å². The Morgan fingerprint density at radius 3 is 2.65 bits per heavy atom. The minimum absolute atomic E-state index is 0.0634. The van der Waals surface area contributed by atoms with Gasteiger partial charge in [0.15, 0.2) is 0 Å². The van der Waals surface area contributed by atoms with Gasteiger partial charge in [0.1, 0.15) is 5.75 Å². The Bertz CT molecular complexity index is 445. The second-order valence-electron chi connectivity index (χ2n) is 4.87. The van der Waals surface area contributed by atoms with Crippen LogP contribution in [0.5, 0.6) is 5.75 Å². The second-order valence-corrected chi connectivity index (χ2v) is 4.87. The van der Waals surface area contributed by atoms with Crippen LogP contribution in [0, 0.1) is 6.92 Å². The zero-order valence-electron chi connectivity index (χ0n) is 12.6. The van der Waals surface area contributed by atoms with Crippen LogP contribution in [0.3, 0.4) is 0 Å². The molecule has 1 rings (SSSR count). The summed E-state index contributed by atoms with van der Waals surface area (Å²) in [5, 5.41) is 14.7. The third-order valence-electron chi connectivity index (χ3n) is 3.25. The molecule has 20 heavy (non-hydrogen) atoms. The van der Waals surface area contributed by atoms with Crippen molar-refractivity contribution in [1.29, 1.82) is 0 Å². The molecule has 1 aromatic rings. The largest absolute Gasteiger partial charge is 0.496 e. The summed E-state index contributed by atoms with van der Waals surface area (Å²) in [6.45, 7) is 5.74. The van der Waals surface area contributed by atoms with Gasteiger partial charge in [-0.1, -0.05) is 24.6 Å². The van der Waals surface area contributed by atoms with E-state index in [-0.39, 0.29) is 24.7 Å². The van der Waals surface area contributed by atoms with Gasteiger partial charge in [0.05, 0.1) is 25.8 Å². The molecular weight excluding hydrogens is 256 g/mol.